The van der Waals surface area contributed by atoms with Crippen molar-refractivity contribution in [2.24, 2.45) is 5.73 Å². The summed E-state index contributed by atoms with van der Waals surface area (Å²) in [5, 5.41) is 3.96. The van der Waals surface area contributed by atoms with E-state index in [1.807, 2.05) is 6.07 Å². The minimum Gasteiger partial charge on any atom is -0.382 e. The molecule has 2 bridgehead atoms. The molecule has 2 saturated heterocycles. The zero-order valence-corrected chi connectivity index (χ0v) is 12.4. The Hall–Kier alpha value is -1.26. The highest BCUT2D eigenvalue weighted by molar-refractivity contribution is 6.34. The average Bonchev–Trinajstić information content (AvgIpc) is 2.62. The number of nitrogens with zero attached hydrogens (tertiary/aromatic N) is 1. The molecule has 0 aliphatic carbocycles. The molecule has 2 fully saturated rings. The van der Waals surface area contributed by atoms with E-state index in [2.05, 4.69) is 17.3 Å². The predicted molar refractivity (Wildman–Crippen MR) is 81.2 cm³/mol. The highest BCUT2D eigenvalue weighted by atomic mass is 35.5. The van der Waals surface area contributed by atoms with Crippen LogP contribution in [-0.4, -0.2) is 36.0 Å². The van der Waals surface area contributed by atoms with E-state index in [-0.39, 0.29) is 0 Å². The van der Waals surface area contributed by atoms with Crippen LogP contribution in [0.25, 0.3) is 0 Å². The first-order chi connectivity index (χ1) is 9.54. The van der Waals surface area contributed by atoms with Gasteiger partial charge in [-0.25, -0.2) is 0 Å². The van der Waals surface area contributed by atoms with Crippen molar-refractivity contribution in [3.8, 4) is 0 Å². The summed E-state index contributed by atoms with van der Waals surface area (Å²) in [5.74, 6) is -0.487. The van der Waals surface area contributed by atoms with Gasteiger partial charge in [0.25, 0.3) is 0 Å². The molecule has 3 rings (SSSR count). The number of nitrogens with two attached hydrogens (primary N) is 1. The van der Waals surface area contributed by atoms with Gasteiger partial charge in [-0.1, -0.05) is 11.6 Å². The normalized spacial score (nSPS) is 29.4. The monoisotopic (exact) mass is 293 g/mol. The van der Waals surface area contributed by atoms with Crippen molar-refractivity contribution in [2.45, 2.75) is 43.8 Å². The van der Waals surface area contributed by atoms with E-state index in [9.17, 15) is 4.79 Å². The van der Waals surface area contributed by atoms with Crippen molar-refractivity contribution >= 4 is 23.2 Å². The Bertz CT molecular complexity index is 520. The van der Waals surface area contributed by atoms with E-state index in [4.69, 9.17) is 17.3 Å². The number of carbonyl (C=O) groups is 1. The van der Waals surface area contributed by atoms with Crippen molar-refractivity contribution in [2.75, 3.05) is 12.4 Å². The third kappa shape index (κ3) is 2.50. The summed E-state index contributed by atoms with van der Waals surface area (Å²) in [5.41, 5.74) is 6.60. The van der Waals surface area contributed by atoms with Gasteiger partial charge in [0.15, 0.2) is 0 Å². The molecule has 0 radical (unpaired) electrons. The standard InChI is InChI=1S/C15H20ClN3O/c1-19-11-3-4-12(19)7-10(6-11)18-9-2-5-13(15(17)20)14(16)8-9/h2,5,8,10-12,18H,3-4,6-7H2,1H3,(H2,17,20). The van der Waals surface area contributed by atoms with Crippen molar-refractivity contribution in [1.29, 1.82) is 0 Å². The van der Waals surface area contributed by atoms with Crippen LogP contribution in [0.15, 0.2) is 18.2 Å². The SMILES string of the molecule is CN1C2CCC1CC(Nc1ccc(C(N)=O)c(Cl)c1)C2. The van der Waals surface area contributed by atoms with Crippen molar-refractivity contribution in [3.05, 3.63) is 28.8 Å². The number of piperidine rings is 1. The highest BCUT2D eigenvalue weighted by Gasteiger charge is 2.38. The van der Waals surface area contributed by atoms with Gasteiger partial charge in [-0.2, -0.15) is 0 Å². The van der Waals surface area contributed by atoms with Gasteiger partial charge >= 0.3 is 0 Å². The molecule has 2 unspecified atom stereocenters. The zero-order chi connectivity index (χ0) is 14.3. The molecule has 5 heteroatoms. The average molecular weight is 294 g/mol. The lowest BCUT2D eigenvalue weighted by Crippen LogP contribution is -2.44. The maximum Gasteiger partial charge on any atom is 0.250 e. The first kappa shape index (κ1) is 13.7. The van der Waals surface area contributed by atoms with Gasteiger partial charge in [-0.3, -0.25) is 4.79 Å². The quantitative estimate of drug-likeness (QED) is 0.900. The lowest BCUT2D eigenvalue weighted by molar-refractivity contribution is 0.100. The van der Waals surface area contributed by atoms with Gasteiger partial charge in [0.1, 0.15) is 0 Å². The van der Waals surface area contributed by atoms with Crippen LogP contribution in [-0.2, 0) is 0 Å². The van der Waals surface area contributed by atoms with Crippen molar-refractivity contribution in [1.82, 2.24) is 4.90 Å². The number of fused-ring (bicyclic) bond motifs is 2. The van der Waals surface area contributed by atoms with E-state index in [0.717, 1.165) is 5.69 Å². The smallest absolute Gasteiger partial charge is 0.250 e. The Morgan fingerprint density at radius 1 is 1.35 bits per heavy atom. The van der Waals surface area contributed by atoms with Crippen LogP contribution in [0.1, 0.15) is 36.0 Å². The van der Waals surface area contributed by atoms with E-state index in [1.54, 1.807) is 12.1 Å². The Morgan fingerprint density at radius 2 is 2.00 bits per heavy atom. The number of halogens is 1. The van der Waals surface area contributed by atoms with E-state index >= 15 is 0 Å². The molecule has 2 aliphatic rings. The number of nitrogens with one attached hydrogen (secondary N) is 1. The molecule has 108 valence electrons. The third-order valence-corrected chi connectivity index (χ3v) is 5.02. The van der Waals surface area contributed by atoms with E-state index in [0.29, 0.717) is 28.7 Å². The Kier molecular flexibility index (Phi) is 3.61. The zero-order valence-electron chi connectivity index (χ0n) is 11.6. The number of primary amides is 1. The Balaban J connectivity index is 1.70. The molecule has 20 heavy (non-hydrogen) atoms. The summed E-state index contributed by atoms with van der Waals surface area (Å²) < 4.78 is 0. The van der Waals surface area contributed by atoms with Crippen LogP contribution >= 0.6 is 11.6 Å². The minimum atomic E-state index is -0.487. The maximum atomic E-state index is 11.2. The fourth-order valence-electron chi connectivity index (χ4n) is 3.57. The summed E-state index contributed by atoms with van der Waals surface area (Å²) in [6.45, 7) is 0. The Labute approximate surface area is 124 Å². The molecule has 0 aromatic heterocycles. The van der Waals surface area contributed by atoms with Crippen molar-refractivity contribution < 1.29 is 4.79 Å². The predicted octanol–water partition coefficient (Wildman–Crippen LogP) is 2.48. The molecule has 2 heterocycles. The van der Waals surface area contributed by atoms with Crippen LogP contribution in [0.2, 0.25) is 5.02 Å². The lowest BCUT2D eigenvalue weighted by Gasteiger charge is -2.37. The number of hydrogen-bond donors (Lipinski definition) is 2. The van der Waals surface area contributed by atoms with Gasteiger partial charge < -0.3 is 16.0 Å². The second-order valence-corrected chi connectivity index (χ2v) is 6.33. The topological polar surface area (TPSA) is 58.4 Å². The van der Waals surface area contributed by atoms with Gasteiger partial charge in [0.2, 0.25) is 5.91 Å². The second-order valence-electron chi connectivity index (χ2n) is 5.92. The first-order valence-corrected chi connectivity index (χ1v) is 7.50. The number of benzene rings is 1. The number of rotatable bonds is 3. The summed E-state index contributed by atoms with van der Waals surface area (Å²) in [4.78, 5) is 13.7. The van der Waals surface area contributed by atoms with Gasteiger partial charge in [-0.15, -0.1) is 0 Å². The molecule has 4 nitrogen and oxygen atoms in total. The lowest BCUT2D eigenvalue weighted by atomic mass is 9.97. The summed E-state index contributed by atoms with van der Waals surface area (Å²) >= 11 is 6.09. The second kappa shape index (κ2) is 5.26. The number of anilines is 1. The number of hydrogen-bond acceptors (Lipinski definition) is 3. The number of carbonyl (C=O) groups excluding carboxylic acids is 1. The summed E-state index contributed by atoms with van der Waals surface area (Å²) in [7, 11) is 2.23. The first-order valence-electron chi connectivity index (χ1n) is 7.12. The van der Waals surface area contributed by atoms with E-state index in [1.165, 1.54) is 25.7 Å². The van der Waals surface area contributed by atoms with Gasteiger partial charge in [-0.05, 0) is 50.9 Å². The minimum absolute atomic E-state index is 0.376. The Morgan fingerprint density at radius 3 is 2.55 bits per heavy atom. The molecule has 1 aromatic carbocycles. The molecule has 2 atom stereocenters. The number of amides is 1. The van der Waals surface area contributed by atoms with Gasteiger partial charge in [0.05, 0.1) is 10.6 Å². The molecule has 0 spiro atoms. The van der Waals surface area contributed by atoms with Crippen LogP contribution in [0.3, 0.4) is 0 Å². The fourth-order valence-corrected chi connectivity index (χ4v) is 3.84. The van der Waals surface area contributed by atoms with Crippen LogP contribution in [0.5, 0.6) is 0 Å². The molecule has 2 aliphatic heterocycles. The van der Waals surface area contributed by atoms with Gasteiger partial charge in [0, 0.05) is 23.8 Å². The molecule has 3 N–H and O–H groups in total. The van der Waals surface area contributed by atoms with Crippen molar-refractivity contribution in [3.63, 3.8) is 0 Å². The maximum absolute atomic E-state index is 11.2. The summed E-state index contributed by atoms with van der Waals surface area (Å²) in [6.07, 6.45) is 4.95. The van der Waals surface area contributed by atoms with Crippen LogP contribution < -0.4 is 11.1 Å². The largest absolute Gasteiger partial charge is 0.382 e. The molecular formula is C15H20ClN3O. The van der Waals surface area contributed by atoms with Crippen LogP contribution in [0.4, 0.5) is 5.69 Å². The summed E-state index contributed by atoms with van der Waals surface area (Å²) in [6, 6.07) is 7.25. The molecule has 1 amide bonds. The third-order valence-electron chi connectivity index (χ3n) is 4.70. The molecular weight excluding hydrogens is 274 g/mol. The van der Waals surface area contributed by atoms with E-state index < -0.39 is 5.91 Å². The molecule has 1 aromatic rings. The fraction of sp³-hybridized carbons (Fsp3) is 0.533. The van der Waals surface area contributed by atoms with Crippen LogP contribution in [0, 0.1) is 0 Å². The highest BCUT2D eigenvalue weighted by Crippen LogP contribution is 2.35. The molecule has 0 saturated carbocycles.